The first kappa shape index (κ1) is 14.8. The number of rotatable bonds is 2. The molecule has 0 fully saturated rings. The molecule has 7 heteroatoms. The van der Waals surface area contributed by atoms with Crippen molar-refractivity contribution in [3.05, 3.63) is 56.3 Å². The standard InChI is InChI=1S/C13H10BrF3N2O/c14-8-3-1-7(2-4-8)11-5-10(13(15,16)17)9(6-18)12(20)19-11/h1-5H,6,18H2,(H,19,20). The molecular weight excluding hydrogens is 337 g/mol. The molecule has 2 rings (SSSR count). The van der Waals surface area contributed by atoms with Crippen LogP contribution in [0.5, 0.6) is 0 Å². The first-order valence-electron chi connectivity index (χ1n) is 5.62. The first-order chi connectivity index (χ1) is 9.32. The summed E-state index contributed by atoms with van der Waals surface area (Å²) >= 11 is 3.23. The Labute approximate surface area is 120 Å². The highest BCUT2D eigenvalue weighted by atomic mass is 79.9. The Kier molecular flexibility index (Phi) is 4.01. The van der Waals surface area contributed by atoms with Gasteiger partial charge in [0.2, 0.25) is 0 Å². The van der Waals surface area contributed by atoms with Gasteiger partial charge in [-0.1, -0.05) is 28.1 Å². The zero-order chi connectivity index (χ0) is 14.9. The summed E-state index contributed by atoms with van der Waals surface area (Å²) in [6.07, 6.45) is -4.62. The van der Waals surface area contributed by atoms with Crippen molar-refractivity contribution < 1.29 is 13.2 Å². The van der Waals surface area contributed by atoms with Crippen LogP contribution in [0.15, 0.2) is 39.6 Å². The minimum absolute atomic E-state index is 0.104. The van der Waals surface area contributed by atoms with Gasteiger partial charge in [0.1, 0.15) is 0 Å². The van der Waals surface area contributed by atoms with Gasteiger partial charge in [0, 0.05) is 22.3 Å². The summed E-state index contributed by atoms with van der Waals surface area (Å²) in [6.45, 7) is -0.467. The first-order valence-corrected chi connectivity index (χ1v) is 6.41. The average molecular weight is 347 g/mol. The van der Waals surface area contributed by atoms with Gasteiger partial charge < -0.3 is 10.7 Å². The second kappa shape index (κ2) is 5.41. The summed E-state index contributed by atoms with van der Waals surface area (Å²) in [4.78, 5) is 14.2. The van der Waals surface area contributed by atoms with Crippen LogP contribution in [0.3, 0.4) is 0 Å². The van der Waals surface area contributed by atoms with E-state index in [4.69, 9.17) is 5.73 Å². The molecule has 0 atom stereocenters. The van der Waals surface area contributed by atoms with Crippen LogP contribution in [0.2, 0.25) is 0 Å². The zero-order valence-corrected chi connectivity index (χ0v) is 11.7. The number of halogens is 4. The van der Waals surface area contributed by atoms with Gasteiger partial charge in [0.15, 0.2) is 0 Å². The molecule has 1 aromatic heterocycles. The van der Waals surface area contributed by atoms with Gasteiger partial charge in [-0.3, -0.25) is 4.79 Å². The Bertz CT molecular complexity index is 677. The van der Waals surface area contributed by atoms with Crippen molar-refractivity contribution >= 4 is 15.9 Å². The Morgan fingerprint density at radius 3 is 2.30 bits per heavy atom. The van der Waals surface area contributed by atoms with Gasteiger partial charge in [0.05, 0.1) is 5.56 Å². The number of pyridine rings is 1. The van der Waals surface area contributed by atoms with Crippen LogP contribution in [0.4, 0.5) is 13.2 Å². The zero-order valence-electron chi connectivity index (χ0n) is 10.1. The Morgan fingerprint density at radius 2 is 1.80 bits per heavy atom. The van der Waals surface area contributed by atoms with E-state index in [0.29, 0.717) is 5.56 Å². The van der Waals surface area contributed by atoms with Crippen molar-refractivity contribution in [1.29, 1.82) is 0 Å². The lowest BCUT2D eigenvalue weighted by molar-refractivity contribution is -0.138. The number of aromatic nitrogens is 1. The van der Waals surface area contributed by atoms with E-state index in [1.54, 1.807) is 24.3 Å². The van der Waals surface area contributed by atoms with Crippen LogP contribution in [-0.2, 0) is 12.7 Å². The van der Waals surface area contributed by atoms with E-state index in [9.17, 15) is 18.0 Å². The van der Waals surface area contributed by atoms with E-state index in [-0.39, 0.29) is 5.69 Å². The minimum Gasteiger partial charge on any atom is -0.326 e. The molecule has 0 saturated heterocycles. The molecule has 0 aliphatic heterocycles. The highest BCUT2D eigenvalue weighted by Gasteiger charge is 2.34. The molecule has 0 saturated carbocycles. The normalized spacial score (nSPS) is 11.7. The Hall–Kier alpha value is -1.60. The number of nitrogens with one attached hydrogen (secondary N) is 1. The third-order valence-corrected chi connectivity index (χ3v) is 3.33. The number of hydrogen-bond acceptors (Lipinski definition) is 2. The number of benzene rings is 1. The second-order valence-electron chi connectivity index (χ2n) is 4.11. The lowest BCUT2D eigenvalue weighted by Gasteiger charge is -2.13. The molecular formula is C13H10BrF3N2O. The van der Waals surface area contributed by atoms with Crippen LogP contribution in [-0.4, -0.2) is 4.98 Å². The van der Waals surface area contributed by atoms with Crippen molar-refractivity contribution in [3.63, 3.8) is 0 Å². The molecule has 0 unspecified atom stereocenters. The molecule has 3 nitrogen and oxygen atoms in total. The largest absolute Gasteiger partial charge is 0.416 e. The summed E-state index contributed by atoms with van der Waals surface area (Å²) in [5.74, 6) is 0. The van der Waals surface area contributed by atoms with Crippen LogP contribution < -0.4 is 11.3 Å². The number of H-pyrrole nitrogens is 1. The van der Waals surface area contributed by atoms with Gasteiger partial charge >= 0.3 is 6.18 Å². The fourth-order valence-corrected chi connectivity index (χ4v) is 2.09. The topological polar surface area (TPSA) is 58.9 Å². The van der Waals surface area contributed by atoms with E-state index in [1.807, 2.05) is 0 Å². The maximum Gasteiger partial charge on any atom is 0.416 e. The predicted molar refractivity (Wildman–Crippen MR) is 73.1 cm³/mol. The summed E-state index contributed by atoms with van der Waals surface area (Å²) in [6, 6.07) is 7.48. The molecule has 20 heavy (non-hydrogen) atoms. The molecule has 2 aromatic rings. The second-order valence-corrected chi connectivity index (χ2v) is 5.03. The molecule has 1 aromatic carbocycles. The van der Waals surface area contributed by atoms with E-state index in [1.165, 1.54) is 0 Å². The highest BCUT2D eigenvalue weighted by Crippen LogP contribution is 2.32. The SMILES string of the molecule is NCc1c(C(F)(F)F)cc(-c2ccc(Br)cc2)[nH]c1=O. The van der Waals surface area contributed by atoms with Gasteiger partial charge in [-0.05, 0) is 23.8 Å². The predicted octanol–water partition coefficient (Wildman–Crippen LogP) is 3.28. The van der Waals surface area contributed by atoms with Crippen molar-refractivity contribution in [2.45, 2.75) is 12.7 Å². The van der Waals surface area contributed by atoms with Crippen LogP contribution in [0, 0.1) is 0 Å². The third kappa shape index (κ3) is 2.94. The average Bonchev–Trinajstić information content (AvgIpc) is 2.37. The molecule has 0 radical (unpaired) electrons. The maximum absolute atomic E-state index is 13.0. The smallest absolute Gasteiger partial charge is 0.326 e. The maximum atomic E-state index is 13.0. The molecule has 0 aliphatic rings. The van der Waals surface area contributed by atoms with E-state index < -0.39 is 29.4 Å². The number of nitrogens with two attached hydrogens (primary N) is 1. The summed E-state index contributed by atoms with van der Waals surface area (Å²) < 4.78 is 39.7. The number of aromatic amines is 1. The van der Waals surface area contributed by atoms with Gasteiger partial charge in [-0.25, -0.2) is 0 Å². The minimum atomic E-state index is -4.62. The lowest BCUT2D eigenvalue weighted by atomic mass is 10.0. The monoisotopic (exact) mass is 346 g/mol. The van der Waals surface area contributed by atoms with Crippen molar-refractivity contribution in [1.82, 2.24) is 4.98 Å². The molecule has 0 aliphatic carbocycles. The number of alkyl halides is 3. The fourth-order valence-electron chi connectivity index (χ4n) is 1.83. The van der Waals surface area contributed by atoms with Crippen LogP contribution in [0.25, 0.3) is 11.3 Å². The molecule has 0 bridgehead atoms. The number of hydrogen-bond donors (Lipinski definition) is 2. The van der Waals surface area contributed by atoms with Crippen LogP contribution >= 0.6 is 15.9 Å². The van der Waals surface area contributed by atoms with E-state index >= 15 is 0 Å². The molecule has 106 valence electrons. The fraction of sp³-hybridized carbons (Fsp3) is 0.154. The Balaban J connectivity index is 2.65. The van der Waals surface area contributed by atoms with E-state index in [0.717, 1.165) is 10.5 Å². The summed E-state index contributed by atoms with van der Waals surface area (Å²) in [7, 11) is 0. The molecule has 0 amide bonds. The lowest BCUT2D eigenvalue weighted by Crippen LogP contribution is -2.23. The molecule has 0 spiro atoms. The molecule has 3 N–H and O–H groups in total. The van der Waals surface area contributed by atoms with Gasteiger partial charge in [-0.15, -0.1) is 0 Å². The summed E-state index contributed by atoms with van der Waals surface area (Å²) in [5, 5.41) is 0. The molecule has 1 heterocycles. The third-order valence-electron chi connectivity index (χ3n) is 2.80. The van der Waals surface area contributed by atoms with Crippen molar-refractivity contribution in [2.75, 3.05) is 0 Å². The quantitative estimate of drug-likeness (QED) is 0.876. The van der Waals surface area contributed by atoms with E-state index in [2.05, 4.69) is 20.9 Å². The van der Waals surface area contributed by atoms with Crippen molar-refractivity contribution in [2.24, 2.45) is 5.73 Å². The van der Waals surface area contributed by atoms with Crippen molar-refractivity contribution in [3.8, 4) is 11.3 Å². The van der Waals surface area contributed by atoms with Gasteiger partial charge in [0.25, 0.3) is 5.56 Å². The highest BCUT2D eigenvalue weighted by molar-refractivity contribution is 9.10. The van der Waals surface area contributed by atoms with Crippen LogP contribution in [0.1, 0.15) is 11.1 Å². The summed E-state index contributed by atoms with van der Waals surface area (Å²) in [5.41, 5.74) is 3.54. The Morgan fingerprint density at radius 1 is 1.20 bits per heavy atom. The van der Waals surface area contributed by atoms with Gasteiger partial charge in [-0.2, -0.15) is 13.2 Å².